The molecule has 1 fully saturated rings. The van der Waals surface area contributed by atoms with E-state index in [9.17, 15) is 13.2 Å². The normalized spacial score (nSPS) is 16.4. The molecule has 1 unspecified atom stereocenters. The highest BCUT2D eigenvalue weighted by Crippen LogP contribution is 2.24. The maximum absolute atomic E-state index is 12.2. The highest BCUT2D eigenvalue weighted by Gasteiger charge is 2.26. The topological polar surface area (TPSA) is 39.7 Å². The van der Waals surface area contributed by atoms with Gasteiger partial charge in [-0.25, -0.2) is 0 Å². The number of guanidine groups is 1. The minimum Gasteiger partial charge on any atom is -0.372 e. The van der Waals surface area contributed by atoms with Gasteiger partial charge < -0.3 is 15.5 Å². The van der Waals surface area contributed by atoms with E-state index < -0.39 is 12.6 Å². The predicted octanol–water partition coefficient (Wildman–Crippen LogP) is 4.08. The maximum Gasteiger partial charge on any atom is 0.390 e. The molecule has 1 aromatic carbocycles. The molecule has 0 aliphatic carbocycles. The fourth-order valence-corrected chi connectivity index (χ4v) is 2.77. The molecule has 0 radical (unpaired) electrons. The molecular formula is C17H26F3IN4. The van der Waals surface area contributed by atoms with Crippen LogP contribution in [-0.2, 0) is 0 Å². The molecule has 25 heavy (non-hydrogen) atoms. The van der Waals surface area contributed by atoms with Gasteiger partial charge in [0.2, 0.25) is 0 Å². The van der Waals surface area contributed by atoms with Gasteiger partial charge in [0.05, 0.1) is 12.5 Å². The SMILES string of the molecule is CN=C(NCCC(F)(F)F)NC(C)c1cccc(N2CCCC2)c1.I. The summed E-state index contributed by atoms with van der Waals surface area (Å²) in [7, 11) is 1.55. The second-order valence-corrected chi connectivity index (χ2v) is 6.02. The zero-order chi connectivity index (χ0) is 17.6. The monoisotopic (exact) mass is 470 g/mol. The van der Waals surface area contributed by atoms with Crippen LogP contribution in [0.1, 0.15) is 37.8 Å². The summed E-state index contributed by atoms with van der Waals surface area (Å²) in [5.41, 5.74) is 2.27. The number of nitrogens with one attached hydrogen (secondary N) is 2. The van der Waals surface area contributed by atoms with E-state index >= 15 is 0 Å². The Labute approximate surface area is 164 Å². The van der Waals surface area contributed by atoms with E-state index in [2.05, 4.69) is 32.7 Å². The smallest absolute Gasteiger partial charge is 0.372 e. The molecule has 0 spiro atoms. The molecule has 1 saturated heterocycles. The second-order valence-electron chi connectivity index (χ2n) is 6.02. The van der Waals surface area contributed by atoms with E-state index in [1.165, 1.54) is 18.5 Å². The molecule has 1 heterocycles. The maximum atomic E-state index is 12.2. The van der Waals surface area contributed by atoms with Crippen LogP contribution >= 0.6 is 24.0 Å². The van der Waals surface area contributed by atoms with Gasteiger partial charge in [-0.15, -0.1) is 24.0 Å². The van der Waals surface area contributed by atoms with E-state index in [-0.39, 0.29) is 36.6 Å². The lowest BCUT2D eigenvalue weighted by Crippen LogP contribution is -2.40. The number of aliphatic imine (C=N–C) groups is 1. The van der Waals surface area contributed by atoms with Crippen molar-refractivity contribution in [3.05, 3.63) is 29.8 Å². The van der Waals surface area contributed by atoms with Crippen molar-refractivity contribution in [1.29, 1.82) is 0 Å². The molecule has 1 atom stereocenters. The summed E-state index contributed by atoms with van der Waals surface area (Å²) in [5.74, 6) is 0.373. The largest absolute Gasteiger partial charge is 0.390 e. The molecule has 1 aliphatic heterocycles. The Morgan fingerprint density at radius 3 is 2.56 bits per heavy atom. The van der Waals surface area contributed by atoms with Gasteiger partial charge in [-0.3, -0.25) is 4.99 Å². The van der Waals surface area contributed by atoms with Crippen LogP contribution in [0.3, 0.4) is 0 Å². The van der Waals surface area contributed by atoms with Crippen LogP contribution in [0.5, 0.6) is 0 Å². The second kappa shape index (κ2) is 10.1. The highest BCUT2D eigenvalue weighted by molar-refractivity contribution is 14.0. The third-order valence-corrected chi connectivity index (χ3v) is 4.12. The summed E-state index contributed by atoms with van der Waals surface area (Å²) >= 11 is 0. The zero-order valence-corrected chi connectivity index (χ0v) is 16.9. The number of rotatable bonds is 5. The van der Waals surface area contributed by atoms with Crippen molar-refractivity contribution in [3.8, 4) is 0 Å². The van der Waals surface area contributed by atoms with Crippen molar-refractivity contribution in [1.82, 2.24) is 10.6 Å². The van der Waals surface area contributed by atoms with Crippen molar-refractivity contribution in [2.45, 2.75) is 38.4 Å². The standard InChI is InChI=1S/C17H25F3N4.HI/c1-13(23-16(21-2)22-9-8-17(18,19)20)14-6-5-7-15(12-14)24-10-3-4-11-24;/h5-7,12-13H,3-4,8-11H2,1-2H3,(H2,21,22,23);1H. The van der Waals surface area contributed by atoms with Crippen LogP contribution in [-0.4, -0.2) is 38.8 Å². The molecule has 0 saturated carbocycles. The third kappa shape index (κ3) is 7.29. The average molecular weight is 470 g/mol. The molecule has 2 rings (SSSR count). The Morgan fingerprint density at radius 1 is 1.28 bits per heavy atom. The number of halogens is 4. The minimum atomic E-state index is -4.17. The molecule has 142 valence electrons. The van der Waals surface area contributed by atoms with Gasteiger partial charge in [0, 0.05) is 32.4 Å². The Balaban J connectivity index is 0.00000312. The fourth-order valence-electron chi connectivity index (χ4n) is 2.77. The van der Waals surface area contributed by atoms with Gasteiger partial charge in [0.1, 0.15) is 0 Å². The molecule has 8 heteroatoms. The summed E-state index contributed by atoms with van der Waals surface area (Å²) < 4.78 is 36.7. The minimum absolute atomic E-state index is 0. The van der Waals surface area contributed by atoms with Crippen LogP contribution < -0.4 is 15.5 Å². The van der Waals surface area contributed by atoms with Gasteiger partial charge in [0.15, 0.2) is 5.96 Å². The summed E-state index contributed by atoms with van der Waals surface area (Å²) in [5, 5.41) is 5.84. The van der Waals surface area contributed by atoms with E-state index in [0.717, 1.165) is 18.7 Å². The van der Waals surface area contributed by atoms with Gasteiger partial charge in [-0.2, -0.15) is 13.2 Å². The molecule has 0 aromatic heterocycles. The van der Waals surface area contributed by atoms with E-state index in [1.807, 2.05) is 19.1 Å². The van der Waals surface area contributed by atoms with Crippen LogP contribution in [0, 0.1) is 0 Å². The van der Waals surface area contributed by atoms with Crippen molar-refractivity contribution in [2.75, 3.05) is 31.6 Å². The van der Waals surface area contributed by atoms with Crippen LogP contribution in [0.25, 0.3) is 0 Å². The highest BCUT2D eigenvalue weighted by atomic mass is 127. The van der Waals surface area contributed by atoms with Gasteiger partial charge in [-0.1, -0.05) is 12.1 Å². The molecular weight excluding hydrogens is 444 g/mol. The number of anilines is 1. The summed E-state index contributed by atoms with van der Waals surface area (Å²) in [6.45, 7) is 3.93. The van der Waals surface area contributed by atoms with Crippen molar-refractivity contribution >= 4 is 35.6 Å². The van der Waals surface area contributed by atoms with Gasteiger partial charge in [-0.05, 0) is 37.5 Å². The number of benzene rings is 1. The first-order valence-corrected chi connectivity index (χ1v) is 8.28. The Hall–Kier alpha value is -1.19. The third-order valence-electron chi connectivity index (χ3n) is 4.12. The Morgan fingerprint density at radius 2 is 1.96 bits per heavy atom. The van der Waals surface area contributed by atoms with Crippen molar-refractivity contribution in [2.24, 2.45) is 4.99 Å². The van der Waals surface area contributed by atoms with E-state index in [1.54, 1.807) is 7.05 Å². The zero-order valence-electron chi connectivity index (χ0n) is 14.6. The molecule has 4 nitrogen and oxygen atoms in total. The van der Waals surface area contributed by atoms with Crippen LogP contribution in [0.15, 0.2) is 29.3 Å². The van der Waals surface area contributed by atoms with Gasteiger partial charge in [0.25, 0.3) is 0 Å². The van der Waals surface area contributed by atoms with Crippen LogP contribution in [0.4, 0.5) is 18.9 Å². The first-order valence-electron chi connectivity index (χ1n) is 8.28. The first kappa shape index (κ1) is 21.9. The lowest BCUT2D eigenvalue weighted by molar-refractivity contribution is -0.132. The van der Waals surface area contributed by atoms with E-state index in [0.29, 0.717) is 5.96 Å². The number of nitrogens with zero attached hydrogens (tertiary/aromatic N) is 2. The van der Waals surface area contributed by atoms with E-state index in [4.69, 9.17) is 0 Å². The van der Waals surface area contributed by atoms with Crippen molar-refractivity contribution < 1.29 is 13.2 Å². The van der Waals surface area contributed by atoms with Crippen LogP contribution in [0.2, 0.25) is 0 Å². The summed E-state index contributed by atoms with van der Waals surface area (Å²) in [4.78, 5) is 6.34. The molecule has 1 aliphatic rings. The number of hydrogen-bond acceptors (Lipinski definition) is 2. The molecule has 0 amide bonds. The number of hydrogen-bond donors (Lipinski definition) is 2. The molecule has 1 aromatic rings. The molecule has 2 N–H and O–H groups in total. The fraction of sp³-hybridized carbons (Fsp3) is 0.588. The first-order chi connectivity index (χ1) is 11.4. The Kier molecular flexibility index (Phi) is 8.81. The lowest BCUT2D eigenvalue weighted by atomic mass is 10.1. The molecule has 0 bridgehead atoms. The van der Waals surface area contributed by atoms with Gasteiger partial charge >= 0.3 is 6.18 Å². The summed E-state index contributed by atoms with van der Waals surface area (Å²) in [6.07, 6.45) is -2.62. The van der Waals surface area contributed by atoms with Crippen molar-refractivity contribution in [3.63, 3.8) is 0 Å². The Bertz CT molecular complexity index is 557. The summed E-state index contributed by atoms with van der Waals surface area (Å²) in [6, 6.07) is 8.20. The lowest BCUT2D eigenvalue weighted by Gasteiger charge is -2.22. The quantitative estimate of drug-likeness (QED) is 0.387. The predicted molar refractivity (Wildman–Crippen MR) is 107 cm³/mol. The average Bonchev–Trinajstić information content (AvgIpc) is 3.07. The number of alkyl halides is 3.